The molecule has 0 aliphatic rings. The van der Waals surface area contributed by atoms with Crippen LogP contribution in [0.15, 0.2) is 24.3 Å². The van der Waals surface area contributed by atoms with Crippen molar-refractivity contribution >= 4 is 7.60 Å². The van der Waals surface area contributed by atoms with Gasteiger partial charge in [0.25, 0.3) is 0 Å². The quantitative estimate of drug-likeness (QED) is 0.659. The van der Waals surface area contributed by atoms with E-state index in [0.29, 0.717) is 19.4 Å². The van der Waals surface area contributed by atoms with Crippen LogP contribution in [0.3, 0.4) is 0 Å². The van der Waals surface area contributed by atoms with E-state index in [9.17, 15) is 4.57 Å². The van der Waals surface area contributed by atoms with Gasteiger partial charge in [-0.2, -0.15) is 0 Å². The largest absolute Gasteiger partial charge is 0.335 e. The summed E-state index contributed by atoms with van der Waals surface area (Å²) in [7, 11) is -2.96. The van der Waals surface area contributed by atoms with E-state index in [4.69, 9.17) is 9.05 Å². The Kier molecular flexibility index (Phi) is 9.85. The van der Waals surface area contributed by atoms with Crippen LogP contribution < -0.4 is 0 Å². The Hall–Kier alpha value is -0.630. The van der Waals surface area contributed by atoms with Crippen LogP contribution in [0.25, 0.3) is 0 Å². The minimum Gasteiger partial charge on any atom is -0.309 e. The monoisotopic (exact) mass is 286 g/mol. The number of hydrogen-bond donors (Lipinski definition) is 0. The summed E-state index contributed by atoms with van der Waals surface area (Å²) < 4.78 is 22.8. The topological polar surface area (TPSA) is 35.5 Å². The first-order valence-corrected chi connectivity index (χ1v) is 8.82. The van der Waals surface area contributed by atoms with Crippen LogP contribution in [-0.2, 0) is 26.2 Å². The highest BCUT2D eigenvalue weighted by molar-refractivity contribution is 7.53. The molecule has 1 rings (SSSR count). The van der Waals surface area contributed by atoms with Crippen LogP contribution in [0.5, 0.6) is 0 Å². The normalized spacial score (nSPS) is 10.8. The molecule has 0 heterocycles. The molecule has 4 heteroatoms. The van der Waals surface area contributed by atoms with E-state index in [2.05, 4.69) is 19.1 Å². The lowest BCUT2D eigenvalue weighted by molar-refractivity contribution is 0.219. The first-order valence-electron chi connectivity index (χ1n) is 7.09. The average Bonchev–Trinajstić information content (AvgIpc) is 2.42. The molecule has 0 aromatic heterocycles. The Morgan fingerprint density at radius 1 is 0.895 bits per heavy atom. The molecular formula is C15H27O3P. The van der Waals surface area contributed by atoms with E-state index >= 15 is 0 Å². The molecule has 0 bridgehead atoms. The summed E-state index contributed by atoms with van der Waals surface area (Å²) in [5.41, 5.74) is 2.27. The van der Waals surface area contributed by atoms with Crippen LogP contribution in [0.2, 0.25) is 0 Å². The number of rotatable bonds is 7. The predicted octanol–water partition coefficient (Wildman–Crippen LogP) is 5.04. The van der Waals surface area contributed by atoms with Gasteiger partial charge in [0.15, 0.2) is 0 Å². The molecule has 1 aromatic rings. The number of aryl methyl sites for hydroxylation is 1. The Bertz CT molecular complexity index is 363. The van der Waals surface area contributed by atoms with Gasteiger partial charge in [-0.1, -0.05) is 45.0 Å². The molecule has 0 amide bonds. The van der Waals surface area contributed by atoms with Gasteiger partial charge >= 0.3 is 7.60 Å². The van der Waals surface area contributed by atoms with Crippen LogP contribution in [0.4, 0.5) is 0 Å². The van der Waals surface area contributed by atoms with Crippen molar-refractivity contribution in [2.75, 3.05) is 13.2 Å². The van der Waals surface area contributed by atoms with Gasteiger partial charge in [-0.05, 0) is 31.4 Å². The first kappa shape index (κ1) is 18.4. The molecule has 0 saturated carbocycles. The summed E-state index contributed by atoms with van der Waals surface area (Å²) in [6, 6.07) is 8.09. The molecule has 110 valence electrons. The van der Waals surface area contributed by atoms with Gasteiger partial charge in [-0.15, -0.1) is 0 Å². The Balaban J connectivity index is 0.00000154. The summed E-state index contributed by atoms with van der Waals surface area (Å²) >= 11 is 0. The third-order valence-corrected chi connectivity index (χ3v) is 4.51. The van der Waals surface area contributed by atoms with Gasteiger partial charge < -0.3 is 9.05 Å². The standard InChI is InChI=1S/C13H21O3P.C2H6/c1-4-12-7-9-13(10-8-12)11-17(14,15-5-2)16-6-3;1-2/h7-10H,4-6,11H2,1-3H3;1-2H3. The van der Waals surface area contributed by atoms with Gasteiger partial charge in [0.1, 0.15) is 0 Å². The van der Waals surface area contributed by atoms with E-state index in [1.54, 1.807) is 0 Å². The molecule has 0 aliphatic carbocycles. The van der Waals surface area contributed by atoms with Crippen molar-refractivity contribution in [2.45, 2.75) is 47.2 Å². The Morgan fingerprint density at radius 3 is 1.68 bits per heavy atom. The fourth-order valence-electron chi connectivity index (χ4n) is 1.63. The Labute approximate surface area is 117 Å². The summed E-state index contributed by atoms with van der Waals surface area (Å²) in [4.78, 5) is 0. The maximum Gasteiger partial charge on any atom is 0.335 e. The molecule has 0 atom stereocenters. The third kappa shape index (κ3) is 6.91. The molecule has 0 spiro atoms. The summed E-state index contributed by atoms with van der Waals surface area (Å²) in [5, 5.41) is 0. The molecule has 19 heavy (non-hydrogen) atoms. The zero-order valence-corrected chi connectivity index (χ0v) is 13.7. The minimum absolute atomic E-state index is 0.346. The van der Waals surface area contributed by atoms with Gasteiger partial charge in [-0.3, -0.25) is 4.57 Å². The van der Waals surface area contributed by atoms with Crippen molar-refractivity contribution in [2.24, 2.45) is 0 Å². The van der Waals surface area contributed by atoms with Crippen molar-refractivity contribution in [1.29, 1.82) is 0 Å². The van der Waals surface area contributed by atoms with Gasteiger partial charge in [0.05, 0.1) is 19.4 Å². The smallest absolute Gasteiger partial charge is 0.309 e. The zero-order chi connectivity index (χ0) is 14.7. The highest BCUT2D eigenvalue weighted by Gasteiger charge is 2.23. The predicted molar refractivity (Wildman–Crippen MR) is 81.7 cm³/mol. The second-order valence-corrected chi connectivity index (χ2v) is 5.83. The summed E-state index contributed by atoms with van der Waals surface area (Å²) in [5.74, 6) is 0. The molecule has 0 radical (unpaired) electrons. The summed E-state index contributed by atoms with van der Waals surface area (Å²) in [6.45, 7) is 10.6. The van der Waals surface area contributed by atoms with E-state index in [1.165, 1.54) is 5.56 Å². The highest BCUT2D eigenvalue weighted by Crippen LogP contribution is 2.51. The van der Waals surface area contributed by atoms with Gasteiger partial charge in [-0.25, -0.2) is 0 Å². The fourth-order valence-corrected chi connectivity index (χ4v) is 3.33. The molecule has 0 fully saturated rings. The lowest BCUT2D eigenvalue weighted by Crippen LogP contribution is -1.99. The molecular weight excluding hydrogens is 259 g/mol. The van der Waals surface area contributed by atoms with Crippen molar-refractivity contribution in [1.82, 2.24) is 0 Å². The van der Waals surface area contributed by atoms with Crippen LogP contribution in [-0.4, -0.2) is 13.2 Å². The van der Waals surface area contributed by atoms with E-state index in [0.717, 1.165) is 12.0 Å². The molecule has 0 N–H and O–H groups in total. The van der Waals surface area contributed by atoms with Crippen molar-refractivity contribution in [3.63, 3.8) is 0 Å². The second kappa shape index (κ2) is 10.2. The zero-order valence-electron chi connectivity index (χ0n) is 12.8. The highest BCUT2D eigenvalue weighted by atomic mass is 31.2. The molecule has 1 aromatic carbocycles. The van der Waals surface area contributed by atoms with Crippen molar-refractivity contribution in [3.8, 4) is 0 Å². The van der Waals surface area contributed by atoms with Crippen LogP contribution >= 0.6 is 7.60 Å². The van der Waals surface area contributed by atoms with Crippen molar-refractivity contribution in [3.05, 3.63) is 35.4 Å². The Morgan fingerprint density at radius 2 is 1.32 bits per heavy atom. The van der Waals surface area contributed by atoms with Gasteiger partial charge in [0.2, 0.25) is 0 Å². The number of benzene rings is 1. The lowest BCUT2D eigenvalue weighted by atomic mass is 10.1. The van der Waals surface area contributed by atoms with Crippen molar-refractivity contribution < 1.29 is 13.6 Å². The van der Waals surface area contributed by atoms with Crippen LogP contribution in [0.1, 0.15) is 45.7 Å². The maximum absolute atomic E-state index is 12.3. The molecule has 3 nitrogen and oxygen atoms in total. The van der Waals surface area contributed by atoms with E-state index < -0.39 is 7.60 Å². The SMILES string of the molecule is CC.CCOP(=O)(Cc1ccc(CC)cc1)OCC. The van der Waals surface area contributed by atoms with Gasteiger partial charge in [0, 0.05) is 0 Å². The summed E-state index contributed by atoms with van der Waals surface area (Å²) in [6.07, 6.45) is 1.35. The van der Waals surface area contributed by atoms with Crippen LogP contribution in [0, 0.1) is 0 Å². The average molecular weight is 286 g/mol. The molecule has 0 unspecified atom stereocenters. The number of hydrogen-bond acceptors (Lipinski definition) is 3. The fraction of sp³-hybridized carbons (Fsp3) is 0.600. The first-order chi connectivity index (χ1) is 9.13. The molecule has 0 aliphatic heterocycles. The third-order valence-electron chi connectivity index (χ3n) is 2.46. The minimum atomic E-state index is -2.96. The van der Waals surface area contributed by atoms with E-state index in [1.807, 2.05) is 39.8 Å². The lowest BCUT2D eigenvalue weighted by Gasteiger charge is -2.17. The van der Waals surface area contributed by atoms with E-state index in [-0.39, 0.29) is 0 Å². The molecule has 0 saturated heterocycles. The second-order valence-electron chi connectivity index (χ2n) is 3.77. The maximum atomic E-state index is 12.3.